The molecule has 2 saturated heterocycles. The summed E-state index contributed by atoms with van der Waals surface area (Å²) in [6.45, 7) is 5.25. The number of hydrogen-bond acceptors (Lipinski definition) is 4. The summed E-state index contributed by atoms with van der Waals surface area (Å²) in [6.07, 6.45) is 3.48. The van der Waals surface area contributed by atoms with Crippen molar-refractivity contribution in [2.24, 2.45) is 13.0 Å². The molecule has 1 aromatic heterocycles. The third kappa shape index (κ3) is 3.95. The van der Waals surface area contributed by atoms with Gasteiger partial charge in [0, 0.05) is 38.3 Å². The quantitative estimate of drug-likeness (QED) is 0.850. The maximum absolute atomic E-state index is 12.4. The van der Waals surface area contributed by atoms with E-state index < -0.39 is 0 Å². The van der Waals surface area contributed by atoms with E-state index in [0.29, 0.717) is 25.3 Å². The minimum Gasteiger partial charge on any atom is -0.372 e. The highest BCUT2D eigenvalue weighted by Crippen LogP contribution is 2.34. The average Bonchev–Trinajstić information content (AvgIpc) is 3.12. The number of nitrogens with zero attached hydrogens (tertiary/aromatic N) is 3. The molecule has 2 fully saturated rings. The van der Waals surface area contributed by atoms with Gasteiger partial charge in [0.05, 0.1) is 30.7 Å². The maximum atomic E-state index is 12.4. The van der Waals surface area contributed by atoms with Crippen LogP contribution in [0.5, 0.6) is 0 Å². The van der Waals surface area contributed by atoms with Crippen molar-refractivity contribution in [3.63, 3.8) is 0 Å². The number of rotatable bonds is 5. The lowest BCUT2D eigenvalue weighted by atomic mass is 10.0. The molecule has 0 aliphatic carbocycles. The van der Waals surface area contributed by atoms with Crippen LogP contribution in [-0.4, -0.2) is 57.8 Å². The minimum atomic E-state index is -0.0215. The first-order valence-electron chi connectivity index (χ1n) is 8.62. The van der Waals surface area contributed by atoms with E-state index >= 15 is 0 Å². The standard InChI is InChI=1S/C17H26N4O3/c1-11(2)18-16(22)8-14-6-12-9-21(10-15(12)24-14)17(23)7-13-4-5-20(3)19-13/h4-5,11-12,14-15H,6-10H2,1-3H3,(H,18,22)/t12-,14-,15+/m0/s1. The smallest absolute Gasteiger partial charge is 0.228 e. The third-order valence-electron chi connectivity index (χ3n) is 4.63. The molecule has 132 valence electrons. The molecule has 0 spiro atoms. The predicted octanol–water partition coefficient (Wildman–Crippen LogP) is 0.493. The molecule has 1 aromatic rings. The minimum absolute atomic E-state index is 0.0215. The van der Waals surface area contributed by atoms with Gasteiger partial charge in [0.15, 0.2) is 0 Å². The second kappa shape index (κ2) is 6.93. The first-order valence-corrected chi connectivity index (χ1v) is 8.62. The van der Waals surface area contributed by atoms with E-state index in [4.69, 9.17) is 4.74 Å². The van der Waals surface area contributed by atoms with Gasteiger partial charge >= 0.3 is 0 Å². The monoisotopic (exact) mass is 334 g/mol. The van der Waals surface area contributed by atoms with Crippen molar-refractivity contribution in [3.05, 3.63) is 18.0 Å². The maximum Gasteiger partial charge on any atom is 0.228 e. The Morgan fingerprint density at radius 2 is 2.21 bits per heavy atom. The van der Waals surface area contributed by atoms with Crippen LogP contribution in [0.3, 0.4) is 0 Å². The number of ether oxygens (including phenoxy) is 1. The molecule has 3 atom stereocenters. The lowest BCUT2D eigenvalue weighted by molar-refractivity contribution is -0.131. The summed E-state index contributed by atoms with van der Waals surface area (Å²) in [5.41, 5.74) is 0.795. The van der Waals surface area contributed by atoms with Gasteiger partial charge in [0.2, 0.25) is 11.8 Å². The Kier molecular flexibility index (Phi) is 4.89. The molecule has 2 amide bonds. The molecule has 0 bridgehead atoms. The van der Waals surface area contributed by atoms with E-state index in [-0.39, 0.29) is 30.1 Å². The number of aryl methyl sites for hydroxylation is 1. The zero-order valence-corrected chi connectivity index (χ0v) is 14.6. The molecule has 3 heterocycles. The molecular formula is C17H26N4O3. The summed E-state index contributed by atoms with van der Waals surface area (Å²) in [5.74, 6) is 0.480. The number of amides is 2. The van der Waals surface area contributed by atoms with Crippen molar-refractivity contribution in [3.8, 4) is 0 Å². The molecule has 0 unspecified atom stereocenters. The van der Waals surface area contributed by atoms with Crippen LogP contribution >= 0.6 is 0 Å². The van der Waals surface area contributed by atoms with Crippen LogP contribution in [0, 0.1) is 5.92 Å². The molecular weight excluding hydrogens is 308 g/mol. The number of nitrogens with one attached hydrogen (secondary N) is 1. The molecule has 0 saturated carbocycles. The zero-order valence-electron chi connectivity index (χ0n) is 14.6. The number of aromatic nitrogens is 2. The highest BCUT2D eigenvalue weighted by atomic mass is 16.5. The fourth-order valence-electron chi connectivity index (χ4n) is 3.61. The van der Waals surface area contributed by atoms with Gasteiger partial charge in [0.1, 0.15) is 0 Å². The summed E-state index contributed by atoms with van der Waals surface area (Å²) in [4.78, 5) is 26.1. The van der Waals surface area contributed by atoms with Gasteiger partial charge in [-0.3, -0.25) is 14.3 Å². The van der Waals surface area contributed by atoms with Crippen LogP contribution in [-0.2, 0) is 27.8 Å². The summed E-state index contributed by atoms with van der Waals surface area (Å²) in [6, 6.07) is 2.02. The van der Waals surface area contributed by atoms with Gasteiger partial charge in [-0.25, -0.2) is 0 Å². The largest absolute Gasteiger partial charge is 0.372 e. The summed E-state index contributed by atoms with van der Waals surface area (Å²) < 4.78 is 7.70. The Hall–Kier alpha value is -1.89. The molecule has 24 heavy (non-hydrogen) atoms. The van der Waals surface area contributed by atoms with Gasteiger partial charge in [0.25, 0.3) is 0 Å². The number of hydrogen-bond donors (Lipinski definition) is 1. The predicted molar refractivity (Wildman–Crippen MR) is 88.2 cm³/mol. The molecule has 7 heteroatoms. The lowest BCUT2D eigenvalue weighted by Crippen LogP contribution is -2.35. The van der Waals surface area contributed by atoms with Gasteiger partial charge < -0.3 is 15.0 Å². The van der Waals surface area contributed by atoms with Crippen molar-refractivity contribution in [2.45, 2.75) is 51.4 Å². The fourth-order valence-corrected chi connectivity index (χ4v) is 3.61. The van der Waals surface area contributed by atoms with E-state index in [9.17, 15) is 9.59 Å². The Balaban J connectivity index is 1.46. The van der Waals surface area contributed by atoms with Crippen LogP contribution in [0.4, 0.5) is 0 Å². The Morgan fingerprint density at radius 3 is 2.83 bits per heavy atom. The Bertz CT molecular complexity index is 599. The van der Waals surface area contributed by atoms with Crippen molar-refractivity contribution >= 4 is 11.8 Å². The fraction of sp³-hybridized carbons (Fsp3) is 0.706. The highest BCUT2D eigenvalue weighted by Gasteiger charge is 2.43. The number of fused-ring (bicyclic) bond motifs is 1. The van der Waals surface area contributed by atoms with Crippen molar-refractivity contribution in [1.29, 1.82) is 0 Å². The first-order chi connectivity index (χ1) is 11.4. The molecule has 7 nitrogen and oxygen atoms in total. The van der Waals surface area contributed by atoms with Crippen LogP contribution < -0.4 is 5.32 Å². The van der Waals surface area contributed by atoms with E-state index in [2.05, 4.69) is 10.4 Å². The topological polar surface area (TPSA) is 76.5 Å². The summed E-state index contributed by atoms with van der Waals surface area (Å²) >= 11 is 0. The second-order valence-electron chi connectivity index (χ2n) is 7.17. The normalized spacial score (nSPS) is 26.0. The van der Waals surface area contributed by atoms with Gasteiger partial charge in [-0.1, -0.05) is 0 Å². The molecule has 0 radical (unpaired) electrons. The highest BCUT2D eigenvalue weighted by molar-refractivity contribution is 5.79. The Morgan fingerprint density at radius 1 is 1.42 bits per heavy atom. The van der Waals surface area contributed by atoms with E-state index in [1.54, 1.807) is 4.68 Å². The number of carbonyl (C=O) groups is 2. The summed E-state index contributed by atoms with van der Waals surface area (Å²) in [7, 11) is 1.84. The molecule has 2 aliphatic heterocycles. The van der Waals surface area contributed by atoms with Gasteiger partial charge in [-0.15, -0.1) is 0 Å². The van der Waals surface area contributed by atoms with Crippen LogP contribution in [0.25, 0.3) is 0 Å². The second-order valence-corrected chi connectivity index (χ2v) is 7.17. The molecule has 3 rings (SSSR count). The number of likely N-dealkylation sites (tertiary alicyclic amines) is 1. The first kappa shape index (κ1) is 17.0. The lowest BCUT2D eigenvalue weighted by Gasteiger charge is -2.19. The summed E-state index contributed by atoms with van der Waals surface area (Å²) in [5, 5.41) is 7.16. The SMILES string of the molecule is CC(C)NC(=O)C[C@@H]1C[C@H]2CN(C(=O)Cc3ccn(C)n3)C[C@H]2O1. The van der Waals surface area contributed by atoms with Crippen molar-refractivity contribution < 1.29 is 14.3 Å². The molecule has 2 aliphatic rings. The van der Waals surface area contributed by atoms with Gasteiger partial charge in [-0.2, -0.15) is 5.10 Å². The van der Waals surface area contributed by atoms with Crippen molar-refractivity contribution in [1.82, 2.24) is 20.0 Å². The number of carbonyl (C=O) groups excluding carboxylic acids is 2. The van der Waals surface area contributed by atoms with Crippen LogP contribution in [0.1, 0.15) is 32.4 Å². The average molecular weight is 334 g/mol. The van der Waals surface area contributed by atoms with E-state index in [0.717, 1.165) is 18.7 Å². The molecule has 0 aromatic carbocycles. The zero-order chi connectivity index (χ0) is 17.3. The van der Waals surface area contributed by atoms with E-state index in [1.807, 2.05) is 38.1 Å². The van der Waals surface area contributed by atoms with E-state index in [1.165, 1.54) is 0 Å². The van der Waals surface area contributed by atoms with Crippen LogP contribution in [0.2, 0.25) is 0 Å². The van der Waals surface area contributed by atoms with Gasteiger partial charge in [-0.05, 0) is 26.3 Å². The third-order valence-corrected chi connectivity index (χ3v) is 4.63. The molecule has 1 N–H and O–H groups in total. The van der Waals surface area contributed by atoms with Crippen molar-refractivity contribution in [2.75, 3.05) is 13.1 Å². The van der Waals surface area contributed by atoms with Crippen LogP contribution in [0.15, 0.2) is 12.3 Å². The Labute approximate surface area is 142 Å².